The van der Waals surface area contributed by atoms with Gasteiger partial charge in [-0.15, -0.1) is 0 Å². The average molecular weight is 484 g/mol. The molecule has 0 unspecified atom stereocenters. The van der Waals surface area contributed by atoms with E-state index >= 15 is 0 Å². The highest BCUT2D eigenvalue weighted by atomic mass is 32.2. The van der Waals surface area contributed by atoms with Crippen molar-refractivity contribution >= 4 is 33.1 Å². The summed E-state index contributed by atoms with van der Waals surface area (Å²) in [6.45, 7) is 7.36. The molecule has 1 aliphatic rings. The molecule has 0 saturated heterocycles. The molecular formula is C23H25N5O5S. The highest BCUT2D eigenvalue weighted by Crippen LogP contribution is 2.38. The van der Waals surface area contributed by atoms with E-state index in [0.717, 1.165) is 11.8 Å². The molecule has 0 atom stereocenters. The maximum Gasteiger partial charge on any atom is 0.257 e. The molecule has 0 aromatic carbocycles. The van der Waals surface area contributed by atoms with E-state index < -0.39 is 15.4 Å². The minimum absolute atomic E-state index is 0.0484. The van der Waals surface area contributed by atoms with E-state index in [1.807, 2.05) is 13.8 Å². The Bertz CT molecular complexity index is 1390. The Balaban J connectivity index is 1.78. The maximum absolute atomic E-state index is 12.1. The number of sulfone groups is 1. The highest BCUT2D eigenvalue weighted by molar-refractivity contribution is 7.90. The lowest BCUT2D eigenvalue weighted by atomic mass is 10.1. The number of aromatic nitrogens is 3. The summed E-state index contributed by atoms with van der Waals surface area (Å²) in [5.74, 6) is 1.26. The molecule has 4 rings (SSSR count). The van der Waals surface area contributed by atoms with Gasteiger partial charge in [0.25, 0.3) is 5.88 Å². The quantitative estimate of drug-likeness (QED) is 0.559. The summed E-state index contributed by atoms with van der Waals surface area (Å²) in [6, 6.07) is 8.39. The zero-order valence-electron chi connectivity index (χ0n) is 19.5. The van der Waals surface area contributed by atoms with Crippen molar-refractivity contribution in [3.05, 3.63) is 42.1 Å². The molecule has 0 aliphatic carbocycles. The Morgan fingerprint density at radius 3 is 2.59 bits per heavy atom. The summed E-state index contributed by atoms with van der Waals surface area (Å²) in [5, 5.41) is 5.75. The fraction of sp³-hybridized carbons (Fsp3) is 0.304. The monoisotopic (exact) mass is 483 g/mol. The number of anilines is 3. The zero-order valence-corrected chi connectivity index (χ0v) is 20.3. The summed E-state index contributed by atoms with van der Waals surface area (Å²) in [4.78, 5) is 24.7. The van der Waals surface area contributed by atoms with Crippen molar-refractivity contribution in [3.8, 4) is 22.9 Å². The molecule has 1 amide bonds. The lowest BCUT2D eigenvalue weighted by molar-refractivity contribution is -0.114. The Hall–Kier alpha value is -3.73. The molecule has 1 aliphatic heterocycles. The Kier molecular flexibility index (Phi) is 5.90. The van der Waals surface area contributed by atoms with Gasteiger partial charge in [-0.2, -0.15) is 0 Å². The SMILES string of the molecule is CC(=O)Nc1cc(Nc2cc(C)cc(S(C)(=O)=O)n2)c(-c2ccc3c(n2)OCC(C)(C)O3)cn1. The van der Waals surface area contributed by atoms with Gasteiger partial charge in [0.2, 0.25) is 5.91 Å². The maximum atomic E-state index is 12.1. The van der Waals surface area contributed by atoms with E-state index in [4.69, 9.17) is 9.47 Å². The molecule has 10 nitrogen and oxygen atoms in total. The van der Waals surface area contributed by atoms with Gasteiger partial charge in [0.15, 0.2) is 20.6 Å². The third kappa shape index (κ3) is 5.25. The number of nitrogens with one attached hydrogen (secondary N) is 2. The van der Waals surface area contributed by atoms with Gasteiger partial charge in [0.05, 0.1) is 11.4 Å². The summed E-state index contributed by atoms with van der Waals surface area (Å²) in [5.41, 5.74) is 1.91. The third-order valence-corrected chi connectivity index (χ3v) is 5.81. The molecule has 0 radical (unpaired) electrons. The molecule has 0 saturated carbocycles. The second kappa shape index (κ2) is 8.56. The van der Waals surface area contributed by atoms with Crippen LogP contribution in [0.2, 0.25) is 0 Å². The first-order valence-electron chi connectivity index (χ1n) is 10.5. The van der Waals surface area contributed by atoms with Crippen molar-refractivity contribution in [3.63, 3.8) is 0 Å². The van der Waals surface area contributed by atoms with Gasteiger partial charge in [-0.1, -0.05) is 0 Å². The summed E-state index contributed by atoms with van der Waals surface area (Å²) < 4.78 is 35.8. The van der Waals surface area contributed by atoms with E-state index in [1.165, 1.54) is 13.0 Å². The number of carbonyl (C=O) groups excluding carboxylic acids is 1. The number of nitrogens with zero attached hydrogens (tertiary/aromatic N) is 3. The van der Waals surface area contributed by atoms with Crippen molar-refractivity contribution in [2.24, 2.45) is 0 Å². The number of pyridine rings is 3. The second-order valence-electron chi connectivity index (χ2n) is 8.71. The summed E-state index contributed by atoms with van der Waals surface area (Å²) >= 11 is 0. The van der Waals surface area contributed by atoms with Crippen molar-refractivity contribution in [2.75, 3.05) is 23.5 Å². The molecule has 178 valence electrons. The molecule has 2 N–H and O–H groups in total. The first-order chi connectivity index (χ1) is 15.9. The Morgan fingerprint density at radius 2 is 1.88 bits per heavy atom. The first kappa shape index (κ1) is 23.4. The minimum atomic E-state index is -3.51. The largest absolute Gasteiger partial charge is 0.479 e. The number of hydrogen-bond acceptors (Lipinski definition) is 9. The van der Waals surface area contributed by atoms with Crippen molar-refractivity contribution < 1.29 is 22.7 Å². The number of aryl methyl sites for hydroxylation is 1. The van der Waals surface area contributed by atoms with Crippen LogP contribution in [0.1, 0.15) is 26.3 Å². The van der Waals surface area contributed by atoms with E-state index in [9.17, 15) is 13.2 Å². The van der Waals surface area contributed by atoms with Crippen LogP contribution >= 0.6 is 0 Å². The number of hydrogen-bond donors (Lipinski definition) is 2. The minimum Gasteiger partial charge on any atom is -0.479 e. The van der Waals surface area contributed by atoms with Crippen molar-refractivity contribution in [2.45, 2.75) is 38.3 Å². The summed E-state index contributed by atoms with van der Waals surface area (Å²) in [6.07, 6.45) is 2.66. The van der Waals surface area contributed by atoms with E-state index in [2.05, 4.69) is 25.6 Å². The summed E-state index contributed by atoms with van der Waals surface area (Å²) in [7, 11) is -3.51. The van der Waals surface area contributed by atoms with Crippen LogP contribution in [0.25, 0.3) is 11.3 Å². The van der Waals surface area contributed by atoms with Crippen LogP contribution in [0.3, 0.4) is 0 Å². The standard InChI is InChI=1S/C23H25N5O5S/c1-13-8-20(28-21(9-13)34(5,30)31)26-17-10-19(25-14(2)29)24-11-15(17)16-6-7-18-22(27-16)32-12-23(3,4)33-18/h6-11H,12H2,1-5H3,(H2,24,25,26,28,29). The Labute approximate surface area is 197 Å². The van der Waals surface area contributed by atoms with Gasteiger partial charge in [-0.3, -0.25) is 4.79 Å². The molecule has 3 aromatic heterocycles. The molecule has 4 heterocycles. The Morgan fingerprint density at radius 1 is 1.12 bits per heavy atom. The molecule has 0 bridgehead atoms. The van der Waals surface area contributed by atoms with Gasteiger partial charge in [0, 0.05) is 31.0 Å². The van der Waals surface area contributed by atoms with Crippen LogP contribution < -0.4 is 20.1 Å². The second-order valence-corrected chi connectivity index (χ2v) is 10.7. The number of carbonyl (C=O) groups is 1. The van der Waals surface area contributed by atoms with Crippen LogP contribution in [-0.2, 0) is 14.6 Å². The zero-order chi connectivity index (χ0) is 24.7. The predicted octanol–water partition coefficient (Wildman–Crippen LogP) is 3.50. The lowest BCUT2D eigenvalue weighted by Crippen LogP contribution is -2.39. The predicted molar refractivity (Wildman–Crippen MR) is 127 cm³/mol. The van der Waals surface area contributed by atoms with Crippen LogP contribution in [0.5, 0.6) is 11.6 Å². The molecule has 34 heavy (non-hydrogen) atoms. The van der Waals surface area contributed by atoms with Gasteiger partial charge < -0.3 is 20.1 Å². The molecular weight excluding hydrogens is 458 g/mol. The van der Waals surface area contributed by atoms with Crippen LogP contribution in [0.15, 0.2) is 41.6 Å². The number of amides is 1. The number of ether oxygens (including phenoxy) is 2. The van der Waals surface area contributed by atoms with Crippen LogP contribution in [0.4, 0.5) is 17.3 Å². The van der Waals surface area contributed by atoms with Crippen molar-refractivity contribution in [1.82, 2.24) is 15.0 Å². The first-order valence-corrected chi connectivity index (χ1v) is 12.4. The molecule has 0 fully saturated rings. The third-order valence-electron chi connectivity index (χ3n) is 4.84. The van der Waals surface area contributed by atoms with Gasteiger partial charge >= 0.3 is 0 Å². The van der Waals surface area contributed by atoms with E-state index in [0.29, 0.717) is 46.8 Å². The van der Waals surface area contributed by atoms with Gasteiger partial charge in [0.1, 0.15) is 23.8 Å². The number of rotatable bonds is 5. The highest BCUT2D eigenvalue weighted by Gasteiger charge is 2.29. The average Bonchev–Trinajstić information content (AvgIpc) is 2.72. The molecule has 11 heteroatoms. The molecule has 0 spiro atoms. The van der Waals surface area contributed by atoms with Gasteiger partial charge in [-0.05, 0) is 50.6 Å². The van der Waals surface area contributed by atoms with Gasteiger partial charge in [-0.25, -0.2) is 23.4 Å². The topological polar surface area (TPSA) is 132 Å². The van der Waals surface area contributed by atoms with Crippen molar-refractivity contribution in [1.29, 1.82) is 0 Å². The fourth-order valence-electron chi connectivity index (χ4n) is 3.37. The van der Waals surface area contributed by atoms with E-state index in [-0.39, 0.29) is 10.9 Å². The van der Waals surface area contributed by atoms with Crippen LogP contribution in [0, 0.1) is 6.92 Å². The molecule has 3 aromatic rings. The smallest absolute Gasteiger partial charge is 0.257 e. The number of fused-ring (bicyclic) bond motifs is 1. The normalized spacial score (nSPS) is 14.4. The van der Waals surface area contributed by atoms with E-state index in [1.54, 1.807) is 37.4 Å². The lowest BCUT2D eigenvalue weighted by Gasteiger charge is -2.31. The van der Waals surface area contributed by atoms with Crippen LogP contribution in [-0.4, -0.2) is 47.7 Å². The fourth-order valence-corrected chi connectivity index (χ4v) is 4.03.